The van der Waals surface area contributed by atoms with Crippen LogP contribution in [0.15, 0.2) is 44.4 Å². The lowest BCUT2D eigenvalue weighted by Gasteiger charge is -2.31. The van der Waals surface area contributed by atoms with Gasteiger partial charge in [0.25, 0.3) is 0 Å². The zero-order valence-electron chi connectivity index (χ0n) is 15.9. The van der Waals surface area contributed by atoms with E-state index in [9.17, 15) is 13.2 Å². The molecule has 0 N–H and O–H groups in total. The van der Waals surface area contributed by atoms with Crippen LogP contribution >= 0.6 is 0 Å². The van der Waals surface area contributed by atoms with E-state index in [0.29, 0.717) is 42.2 Å². The van der Waals surface area contributed by atoms with E-state index in [1.807, 2.05) is 0 Å². The summed E-state index contributed by atoms with van der Waals surface area (Å²) >= 11 is 0. The number of aryl methyl sites for hydroxylation is 1. The van der Waals surface area contributed by atoms with Gasteiger partial charge in [-0.2, -0.15) is 4.31 Å². The first-order valence-corrected chi connectivity index (χ1v) is 10.5. The maximum absolute atomic E-state index is 13.1. The maximum Gasteiger partial charge on any atom is 0.419 e. The average Bonchev–Trinajstić information content (AvgIpc) is 3.02. The summed E-state index contributed by atoms with van der Waals surface area (Å²) in [6, 6.07) is 7.65. The quantitative estimate of drug-likeness (QED) is 0.604. The molecule has 4 rings (SSSR count). The molecular weight excluding hydrogens is 400 g/mol. The van der Waals surface area contributed by atoms with Gasteiger partial charge >= 0.3 is 5.76 Å². The lowest BCUT2D eigenvalue weighted by atomic mass is 10.1. The molecule has 1 fully saturated rings. The fourth-order valence-electron chi connectivity index (χ4n) is 3.29. The third kappa shape index (κ3) is 3.70. The smallest absolute Gasteiger partial charge is 0.419 e. The molecule has 1 atom stereocenters. The van der Waals surface area contributed by atoms with Gasteiger partial charge in [-0.05, 0) is 31.0 Å². The van der Waals surface area contributed by atoms with Gasteiger partial charge in [0.05, 0.1) is 24.1 Å². The summed E-state index contributed by atoms with van der Waals surface area (Å²) in [6.07, 6.45) is 1.01. The molecule has 3 aromatic rings. The minimum absolute atomic E-state index is 0.103. The van der Waals surface area contributed by atoms with Crippen molar-refractivity contribution in [3.8, 4) is 11.8 Å². The van der Waals surface area contributed by atoms with E-state index in [0.717, 1.165) is 0 Å². The Morgan fingerprint density at radius 2 is 1.93 bits per heavy atom. The number of hydrogen-bond acceptors (Lipinski definition) is 8. The summed E-state index contributed by atoms with van der Waals surface area (Å²) in [5, 5.41) is 7.78. The number of hydrogen-bond donors (Lipinski definition) is 0. The molecule has 11 heteroatoms. The first-order chi connectivity index (χ1) is 13.9. The van der Waals surface area contributed by atoms with Gasteiger partial charge in [-0.1, -0.05) is 0 Å². The van der Waals surface area contributed by atoms with Crippen molar-refractivity contribution in [3.05, 3.63) is 40.9 Å². The van der Waals surface area contributed by atoms with E-state index in [-0.39, 0.29) is 17.5 Å². The summed E-state index contributed by atoms with van der Waals surface area (Å²) in [5.41, 5.74) is 0.767. The van der Waals surface area contributed by atoms with Gasteiger partial charge in [0, 0.05) is 25.7 Å². The van der Waals surface area contributed by atoms with Crippen molar-refractivity contribution in [2.75, 3.05) is 20.2 Å². The van der Waals surface area contributed by atoms with Crippen molar-refractivity contribution in [1.82, 2.24) is 19.1 Å². The van der Waals surface area contributed by atoms with E-state index in [2.05, 4.69) is 10.2 Å². The molecule has 154 valence electrons. The second-order valence-electron chi connectivity index (χ2n) is 6.72. The third-order valence-electron chi connectivity index (χ3n) is 4.85. The van der Waals surface area contributed by atoms with E-state index < -0.39 is 15.8 Å². The van der Waals surface area contributed by atoms with Gasteiger partial charge < -0.3 is 13.9 Å². The minimum Gasteiger partial charge on any atom is -0.480 e. The minimum atomic E-state index is -3.76. The number of fused-ring (bicyclic) bond motifs is 1. The van der Waals surface area contributed by atoms with Crippen LogP contribution in [0.25, 0.3) is 11.1 Å². The van der Waals surface area contributed by atoms with Crippen molar-refractivity contribution in [3.63, 3.8) is 0 Å². The van der Waals surface area contributed by atoms with Crippen LogP contribution < -0.4 is 15.2 Å². The number of oxazole rings is 1. The number of piperidine rings is 1. The third-order valence-corrected chi connectivity index (χ3v) is 6.71. The summed E-state index contributed by atoms with van der Waals surface area (Å²) in [6.45, 7) is 0.581. The standard InChI is InChI=1S/C18H20N4O6S/c1-21-14-10-13(5-6-15(14)28-18(21)23)29(24,25)22-9-3-4-12(11-22)27-17-8-7-16(26-2)19-20-17/h5-8,10,12H,3-4,9,11H2,1-2H3. The monoisotopic (exact) mass is 420 g/mol. The number of methoxy groups -OCH3 is 1. The maximum atomic E-state index is 13.1. The molecule has 1 aliphatic heterocycles. The molecule has 0 spiro atoms. The van der Waals surface area contributed by atoms with Crippen molar-refractivity contribution >= 4 is 21.1 Å². The molecule has 10 nitrogen and oxygen atoms in total. The Morgan fingerprint density at radius 3 is 2.66 bits per heavy atom. The molecule has 0 bridgehead atoms. The van der Waals surface area contributed by atoms with Gasteiger partial charge in [-0.3, -0.25) is 4.57 Å². The highest BCUT2D eigenvalue weighted by Crippen LogP contribution is 2.25. The Hall–Kier alpha value is -2.92. The highest BCUT2D eigenvalue weighted by Gasteiger charge is 2.32. The summed E-state index contributed by atoms with van der Waals surface area (Å²) in [5.74, 6) is 0.140. The zero-order chi connectivity index (χ0) is 20.6. The van der Waals surface area contributed by atoms with E-state index in [1.165, 1.54) is 41.2 Å². The van der Waals surface area contributed by atoms with E-state index in [1.54, 1.807) is 12.1 Å². The molecule has 0 aliphatic carbocycles. The molecule has 1 unspecified atom stereocenters. The molecule has 1 aromatic carbocycles. The molecule has 29 heavy (non-hydrogen) atoms. The summed E-state index contributed by atoms with van der Waals surface area (Å²) < 4.78 is 44.8. The summed E-state index contributed by atoms with van der Waals surface area (Å²) in [4.78, 5) is 11.8. The predicted octanol–water partition coefficient (Wildman–Crippen LogP) is 1.16. The van der Waals surface area contributed by atoms with Crippen molar-refractivity contribution in [1.29, 1.82) is 0 Å². The number of aromatic nitrogens is 3. The van der Waals surface area contributed by atoms with E-state index in [4.69, 9.17) is 13.9 Å². The van der Waals surface area contributed by atoms with Gasteiger partial charge in [0.2, 0.25) is 21.8 Å². The Kier molecular flexibility index (Phi) is 5.01. The molecule has 0 saturated carbocycles. The van der Waals surface area contributed by atoms with Crippen LogP contribution in [0.4, 0.5) is 0 Å². The number of ether oxygens (including phenoxy) is 2. The largest absolute Gasteiger partial charge is 0.480 e. The average molecular weight is 420 g/mol. The topological polar surface area (TPSA) is 117 Å². The lowest BCUT2D eigenvalue weighted by molar-refractivity contribution is 0.123. The van der Waals surface area contributed by atoms with Crippen molar-refractivity contribution in [2.24, 2.45) is 7.05 Å². The van der Waals surface area contributed by atoms with Gasteiger partial charge in [0.15, 0.2) is 5.58 Å². The number of benzene rings is 1. The van der Waals surface area contributed by atoms with Gasteiger partial charge in [0.1, 0.15) is 6.10 Å². The molecule has 0 amide bonds. The highest BCUT2D eigenvalue weighted by molar-refractivity contribution is 7.89. The van der Waals surface area contributed by atoms with Crippen LogP contribution in [0, 0.1) is 0 Å². The van der Waals surface area contributed by atoms with Crippen LogP contribution in [0.3, 0.4) is 0 Å². The molecule has 0 radical (unpaired) electrons. The Labute approximate surface area is 166 Å². The van der Waals surface area contributed by atoms with Crippen LogP contribution in [0.2, 0.25) is 0 Å². The normalized spacial score (nSPS) is 18.1. The SMILES string of the molecule is COc1ccc(OC2CCCN(S(=O)(=O)c3ccc4oc(=O)n(C)c4c3)C2)nn1. The van der Waals surface area contributed by atoms with Gasteiger partial charge in [-0.25, -0.2) is 13.2 Å². The molecular formula is C18H20N4O6S. The molecule has 2 aromatic heterocycles. The Bertz CT molecular complexity index is 1190. The first-order valence-electron chi connectivity index (χ1n) is 9.02. The fourth-order valence-corrected chi connectivity index (χ4v) is 4.82. The van der Waals surface area contributed by atoms with Crippen molar-refractivity contribution < 1.29 is 22.3 Å². The van der Waals surface area contributed by atoms with E-state index >= 15 is 0 Å². The number of rotatable bonds is 5. The Balaban J connectivity index is 1.54. The molecule has 1 aliphatic rings. The highest BCUT2D eigenvalue weighted by atomic mass is 32.2. The predicted molar refractivity (Wildman–Crippen MR) is 102 cm³/mol. The fraction of sp³-hybridized carbons (Fsp3) is 0.389. The zero-order valence-corrected chi connectivity index (χ0v) is 16.8. The molecule has 1 saturated heterocycles. The Morgan fingerprint density at radius 1 is 1.17 bits per heavy atom. The lowest BCUT2D eigenvalue weighted by Crippen LogP contribution is -2.44. The second-order valence-corrected chi connectivity index (χ2v) is 8.65. The molecule has 3 heterocycles. The number of nitrogens with zero attached hydrogens (tertiary/aromatic N) is 4. The van der Waals surface area contributed by atoms with Gasteiger partial charge in [-0.15, -0.1) is 10.2 Å². The second kappa shape index (κ2) is 7.48. The van der Waals surface area contributed by atoms with Crippen LogP contribution in [0.5, 0.6) is 11.8 Å². The van der Waals surface area contributed by atoms with Crippen LogP contribution in [-0.2, 0) is 17.1 Å². The van der Waals surface area contributed by atoms with Crippen LogP contribution in [-0.4, -0.2) is 53.8 Å². The van der Waals surface area contributed by atoms with Crippen LogP contribution in [0.1, 0.15) is 12.8 Å². The number of sulfonamides is 1. The van der Waals surface area contributed by atoms with Crippen molar-refractivity contribution in [2.45, 2.75) is 23.8 Å². The first kappa shape index (κ1) is 19.4. The summed E-state index contributed by atoms with van der Waals surface area (Å²) in [7, 11) is -0.730.